The van der Waals surface area contributed by atoms with Gasteiger partial charge in [-0.1, -0.05) is 13.3 Å². The molecule has 2 nitrogen and oxygen atoms in total. The monoisotopic (exact) mass is 240 g/mol. The molecular weight excluding hydrogens is 212 g/mol. The molecule has 2 aliphatic carbocycles. The third kappa shape index (κ3) is 2.53. The number of rotatable bonds is 2. The second-order valence-corrected chi connectivity index (χ2v) is 7.22. The van der Waals surface area contributed by atoms with E-state index in [9.17, 15) is 10.2 Å². The smallest absolute Gasteiger partial charge is 0.0619 e. The molecule has 0 aromatic heterocycles. The first kappa shape index (κ1) is 13.4. The van der Waals surface area contributed by atoms with E-state index >= 15 is 0 Å². The first-order valence-electron chi connectivity index (χ1n) is 7.20. The van der Waals surface area contributed by atoms with E-state index in [4.69, 9.17) is 0 Å². The average molecular weight is 240 g/mol. The number of aliphatic hydroxyl groups is 2. The van der Waals surface area contributed by atoms with Crippen LogP contribution in [0, 0.1) is 23.2 Å². The van der Waals surface area contributed by atoms with E-state index in [0.29, 0.717) is 29.8 Å². The molecule has 4 atom stereocenters. The van der Waals surface area contributed by atoms with Crippen molar-refractivity contribution in [1.29, 1.82) is 0 Å². The molecule has 2 N–H and O–H groups in total. The Bertz CT molecular complexity index is 269. The topological polar surface area (TPSA) is 40.5 Å². The predicted octanol–water partition coefficient (Wildman–Crippen LogP) is 2.97. The first-order chi connectivity index (χ1) is 7.87. The molecule has 17 heavy (non-hydrogen) atoms. The Kier molecular flexibility index (Phi) is 3.57. The van der Waals surface area contributed by atoms with E-state index in [-0.39, 0.29) is 0 Å². The van der Waals surface area contributed by atoms with Crippen LogP contribution in [0.25, 0.3) is 0 Å². The van der Waals surface area contributed by atoms with Crippen LogP contribution in [0.2, 0.25) is 0 Å². The maximum atomic E-state index is 10.2. The zero-order valence-electron chi connectivity index (χ0n) is 11.6. The first-order valence-corrected chi connectivity index (χ1v) is 7.20. The lowest BCUT2D eigenvalue weighted by Gasteiger charge is -2.53. The minimum Gasteiger partial charge on any atom is -0.396 e. The van der Waals surface area contributed by atoms with Crippen molar-refractivity contribution in [3.8, 4) is 0 Å². The lowest BCUT2D eigenvalue weighted by atomic mass is 9.53. The summed E-state index contributed by atoms with van der Waals surface area (Å²) >= 11 is 0. The molecule has 2 rings (SSSR count). The van der Waals surface area contributed by atoms with Gasteiger partial charge in [-0.25, -0.2) is 0 Å². The number of hydrogen-bond donors (Lipinski definition) is 2. The molecule has 100 valence electrons. The highest BCUT2D eigenvalue weighted by atomic mass is 16.3. The summed E-state index contributed by atoms with van der Waals surface area (Å²) in [5.41, 5.74) is -0.133. The van der Waals surface area contributed by atoms with Gasteiger partial charge in [0.1, 0.15) is 0 Å². The molecule has 2 aliphatic rings. The Morgan fingerprint density at radius 1 is 1.24 bits per heavy atom. The van der Waals surface area contributed by atoms with Crippen LogP contribution in [0.4, 0.5) is 0 Å². The largest absolute Gasteiger partial charge is 0.396 e. The number of aliphatic hydroxyl groups excluding tert-OH is 1. The molecule has 2 heteroatoms. The van der Waals surface area contributed by atoms with Gasteiger partial charge in [-0.05, 0) is 69.1 Å². The van der Waals surface area contributed by atoms with Crippen LogP contribution in [0.15, 0.2) is 0 Å². The van der Waals surface area contributed by atoms with Gasteiger partial charge >= 0.3 is 0 Å². The Labute approximate surface area is 105 Å². The van der Waals surface area contributed by atoms with Crippen molar-refractivity contribution < 1.29 is 10.2 Å². The molecule has 0 aliphatic heterocycles. The molecular formula is C15H28O2. The Morgan fingerprint density at radius 2 is 1.94 bits per heavy atom. The second kappa shape index (κ2) is 4.55. The Morgan fingerprint density at radius 3 is 2.53 bits per heavy atom. The predicted molar refractivity (Wildman–Crippen MR) is 69.7 cm³/mol. The van der Waals surface area contributed by atoms with Crippen molar-refractivity contribution in [2.75, 3.05) is 6.61 Å². The summed E-state index contributed by atoms with van der Waals surface area (Å²) in [5.74, 6) is 1.50. The van der Waals surface area contributed by atoms with Crippen LogP contribution in [0.5, 0.6) is 0 Å². The Balaban J connectivity index is 2.14. The summed E-state index contributed by atoms with van der Waals surface area (Å²) in [4.78, 5) is 0. The molecule has 2 fully saturated rings. The quantitative estimate of drug-likeness (QED) is 0.779. The van der Waals surface area contributed by atoms with Gasteiger partial charge in [0.25, 0.3) is 0 Å². The van der Waals surface area contributed by atoms with E-state index in [1.807, 2.05) is 13.8 Å². The normalized spacial score (nSPS) is 43.2. The van der Waals surface area contributed by atoms with E-state index < -0.39 is 5.60 Å². The van der Waals surface area contributed by atoms with Crippen molar-refractivity contribution in [3.63, 3.8) is 0 Å². The molecule has 0 aromatic rings. The highest BCUT2D eigenvalue weighted by molar-refractivity contribution is 4.98. The molecule has 0 spiro atoms. The molecule has 0 heterocycles. The van der Waals surface area contributed by atoms with Crippen LogP contribution in [-0.2, 0) is 0 Å². The zero-order valence-corrected chi connectivity index (χ0v) is 11.6. The molecule has 0 bridgehead atoms. The minimum absolute atomic E-state index is 0.332. The Hall–Kier alpha value is -0.0800. The van der Waals surface area contributed by atoms with Crippen molar-refractivity contribution in [1.82, 2.24) is 0 Å². The fraction of sp³-hybridized carbons (Fsp3) is 1.00. The SMILES string of the molecule is CC(C)(O)C1CCC2(C)CCCC(CO)C2C1. The summed E-state index contributed by atoms with van der Waals surface area (Å²) in [5, 5.41) is 19.8. The fourth-order valence-electron chi connectivity index (χ4n) is 4.30. The third-order valence-corrected chi connectivity index (χ3v) is 5.62. The van der Waals surface area contributed by atoms with Crippen LogP contribution in [0.3, 0.4) is 0 Å². The molecule has 0 saturated heterocycles. The van der Waals surface area contributed by atoms with E-state index in [1.54, 1.807) is 0 Å². The highest BCUT2D eigenvalue weighted by Crippen LogP contribution is 2.55. The maximum absolute atomic E-state index is 10.2. The standard InChI is InChI=1S/C15H28O2/c1-14(2,17)12-6-8-15(3)7-4-5-11(10-16)13(15)9-12/h11-13,16-17H,4-10H2,1-3H3. The highest BCUT2D eigenvalue weighted by Gasteiger charge is 2.47. The average Bonchev–Trinajstić information content (AvgIpc) is 2.25. The number of fused-ring (bicyclic) bond motifs is 1. The van der Waals surface area contributed by atoms with E-state index in [1.165, 1.54) is 25.7 Å². The zero-order chi connectivity index (χ0) is 12.7. The molecule has 4 unspecified atom stereocenters. The van der Waals surface area contributed by atoms with Gasteiger partial charge in [0.05, 0.1) is 5.60 Å². The van der Waals surface area contributed by atoms with Crippen molar-refractivity contribution in [2.24, 2.45) is 23.2 Å². The van der Waals surface area contributed by atoms with Gasteiger partial charge in [-0.2, -0.15) is 0 Å². The second-order valence-electron chi connectivity index (χ2n) is 7.22. The van der Waals surface area contributed by atoms with Crippen LogP contribution in [-0.4, -0.2) is 22.4 Å². The fourth-order valence-corrected chi connectivity index (χ4v) is 4.30. The lowest BCUT2D eigenvalue weighted by molar-refractivity contribution is -0.0795. The molecule has 2 saturated carbocycles. The van der Waals surface area contributed by atoms with Gasteiger partial charge in [0.2, 0.25) is 0 Å². The number of hydrogen-bond acceptors (Lipinski definition) is 2. The summed E-state index contributed by atoms with van der Waals surface area (Å²) in [6.45, 7) is 6.62. The summed E-state index contributed by atoms with van der Waals surface area (Å²) in [7, 11) is 0. The summed E-state index contributed by atoms with van der Waals surface area (Å²) in [6, 6.07) is 0. The van der Waals surface area contributed by atoms with Crippen molar-refractivity contribution in [2.45, 2.75) is 64.9 Å². The van der Waals surface area contributed by atoms with Gasteiger partial charge in [0, 0.05) is 6.61 Å². The van der Waals surface area contributed by atoms with Crippen molar-refractivity contribution in [3.05, 3.63) is 0 Å². The van der Waals surface area contributed by atoms with Crippen molar-refractivity contribution >= 4 is 0 Å². The van der Waals surface area contributed by atoms with Crippen LogP contribution >= 0.6 is 0 Å². The molecule has 0 radical (unpaired) electrons. The van der Waals surface area contributed by atoms with E-state index in [0.717, 1.165) is 12.8 Å². The van der Waals surface area contributed by atoms with Gasteiger partial charge < -0.3 is 10.2 Å². The maximum Gasteiger partial charge on any atom is 0.0619 e. The van der Waals surface area contributed by atoms with Gasteiger partial charge in [-0.15, -0.1) is 0 Å². The van der Waals surface area contributed by atoms with Gasteiger partial charge in [0.15, 0.2) is 0 Å². The lowest BCUT2D eigenvalue weighted by Crippen LogP contribution is -2.47. The van der Waals surface area contributed by atoms with E-state index in [2.05, 4.69) is 6.92 Å². The third-order valence-electron chi connectivity index (χ3n) is 5.62. The minimum atomic E-state index is -0.557. The van der Waals surface area contributed by atoms with Crippen LogP contribution < -0.4 is 0 Å². The molecule has 0 amide bonds. The summed E-state index contributed by atoms with van der Waals surface area (Å²) in [6.07, 6.45) is 7.23. The summed E-state index contributed by atoms with van der Waals surface area (Å²) < 4.78 is 0. The van der Waals surface area contributed by atoms with Crippen LogP contribution in [0.1, 0.15) is 59.3 Å². The van der Waals surface area contributed by atoms with Gasteiger partial charge in [-0.3, -0.25) is 0 Å². The molecule has 0 aromatic carbocycles.